The number of amides is 2. The van der Waals surface area contributed by atoms with E-state index in [1.807, 2.05) is 0 Å². The number of hydrogen-bond acceptors (Lipinski definition) is 5. The highest BCUT2D eigenvalue weighted by Crippen LogP contribution is 2.42. The Morgan fingerprint density at radius 1 is 0.975 bits per heavy atom. The summed E-state index contributed by atoms with van der Waals surface area (Å²) in [6.07, 6.45) is 5.13. The molecule has 208 valence electrons. The average molecular weight is 569 g/mol. The summed E-state index contributed by atoms with van der Waals surface area (Å²) in [4.78, 5) is 22.6. The number of alkyl halides is 2. The number of fused-ring (bicyclic) bond motifs is 2. The van der Waals surface area contributed by atoms with Crippen molar-refractivity contribution in [2.24, 2.45) is 0 Å². The zero-order valence-corrected chi connectivity index (χ0v) is 21.9. The maximum absolute atomic E-state index is 13.4. The van der Waals surface area contributed by atoms with E-state index in [0.29, 0.717) is 46.0 Å². The lowest BCUT2D eigenvalue weighted by Gasteiger charge is -2.28. The number of nitrogens with zero attached hydrogens (tertiary/aromatic N) is 1. The van der Waals surface area contributed by atoms with Gasteiger partial charge in [0.25, 0.3) is 0 Å². The molecule has 3 aromatic heterocycles. The van der Waals surface area contributed by atoms with E-state index in [9.17, 15) is 18.7 Å². The molecule has 0 atom stereocenters. The van der Waals surface area contributed by atoms with E-state index >= 15 is 0 Å². The second kappa shape index (κ2) is 10.9. The molecule has 1 saturated carbocycles. The minimum Gasteiger partial charge on any atom is -0.508 e. The number of pyridine rings is 1. The normalized spacial score (nSPS) is 15.0. The molecule has 1 aliphatic rings. The number of carbonyl (C=O) groups excluding carboxylic acids is 1. The van der Waals surface area contributed by atoms with Gasteiger partial charge in [-0.2, -0.15) is 0 Å². The lowest BCUT2D eigenvalue weighted by molar-refractivity contribution is -0.0384. The molecule has 40 heavy (non-hydrogen) atoms. The highest BCUT2D eigenvalue weighted by molar-refractivity contribution is 6.31. The third kappa shape index (κ3) is 6.04. The largest absolute Gasteiger partial charge is 0.508 e. The fraction of sp³-hybridized carbons (Fsp3) is 0.214. The van der Waals surface area contributed by atoms with Crippen LogP contribution in [0.3, 0.4) is 0 Å². The van der Waals surface area contributed by atoms with Crippen molar-refractivity contribution in [3.8, 4) is 11.5 Å². The number of benzene rings is 2. The van der Waals surface area contributed by atoms with Crippen molar-refractivity contribution in [2.45, 2.75) is 37.5 Å². The van der Waals surface area contributed by atoms with Crippen molar-refractivity contribution in [3.05, 3.63) is 71.8 Å². The number of phenolic OH excluding ortho intramolecular Hbond substituents is 2. The van der Waals surface area contributed by atoms with Gasteiger partial charge in [0.15, 0.2) is 0 Å². The van der Waals surface area contributed by atoms with Crippen molar-refractivity contribution >= 4 is 56.5 Å². The number of nitrogens with one attached hydrogen (secondary N) is 4. The zero-order chi connectivity index (χ0) is 28.4. The maximum atomic E-state index is 13.4. The molecule has 0 saturated heterocycles. The van der Waals surface area contributed by atoms with E-state index in [0.717, 1.165) is 16.4 Å². The van der Waals surface area contributed by atoms with Crippen LogP contribution >= 0.6 is 11.6 Å². The summed E-state index contributed by atoms with van der Waals surface area (Å²) in [7, 11) is 0. The smallest absolute Gasteiger partial charge is 0.323 e. The van der Waals surface area contributed by atoms with Gasteiger partial charge in [-0.1, -0.05) is 11.6 Å². The van der Waals surface area contributed by atoms with Gasteiger partial charge in [0, 0.05) is 53.0 Å². The summed E-state index contributed by atoms with van der Waals surface area (Å²) >= 11 is 6.30. The average Bonchev–Trinajstić information content (AvgIpc) is 3.47. The molecule has 2 amide bonds. The van der Waals surface area contributed by atoms with Crippen LogP contribution in [0.4, 0.5) is 30.6 Å². The van der Waals surface area contributed by atoms with Crippen LogP contribution in [0.1, 0.15) is 37.3 Å². The second-order valence-corrected chi connectivity index (χ2v) is 10.1. The first kappa shape index (κ1) is 27.1. The predicted octanol–water partition coefficient (Wildman–Crippen LogP) is 7.31. The number of aromatic hydroxyl groups is 2. The van der Waals surface area contributed by atoms with Crippen molar-refractivity contribution in [3.63, 3.8) is 0 Å². The maximum Gasteiger partial charge on any atom is 0.323 e. The number of nitrogen functional groups attached to an aromatic ring is 1. The highest BCUT2D eigenvalue weighted by atomic mass is 35.5. The summed E-state index contributed by atoms with van der Waals surface area (Å²) in [6, 6.07) is 10.9. The Balaban J connectivity index is 0.000000244. The number of aromatic nitrogens is 3. The number of rotatable bonds is 3. The SMILES string of the molecule is Nc1c[nH]c2ccc(O)cc12.O=C(Nc1cnc(C2CCC(F)(F)CC2)c(Cl)c1)Nc1c[nH]c2ccc(O)cc12. The van der Waals surface area contributed by atoms with Crippen LogP contribution in [0.5, 0.6) is 11.5 Å². The van der Waals surface area contributed by atoms with Crippen LogP contribution in [0.2, 0.25) is 5.02 Å². The zero-order valence-electron chi connectivity index (χ0n) is 21.1. The Kier molecular flexibility index (Phi) is 7.40. The van der Waals surface area contributed by atoms with Gasteiger partial charge in [-0.15, -0.1) is 0 Å². The molecule has 0 unspecified atom stereocenters. The Bertz CT molecular complexity index is 1680. The quantitative estimate of drug-likeness (QED) is 0.122. The molecule has 3 heterocycles. The third-order valence-corrected chi connectivity index (χ3v) is 7.14. The molecule has 0 aliphatic heterocycles. The van der Waals surface area contributed by atoms with Gasteiger partial charge in [0.1, 0.15) is 11.5 Å². The van der Waals surface area contributed by atoms with E-state index in [4.69, 9.17) is 22.4 Å². The summed E-state index contributed by atoms with van der Waals surface area (Å²) in [5.41, 5.74) is 9.46. The molecule has 0 spiro atoms. The minimum atomic E-state index is -2.61. The number of phenols is 2. The lowest BCUT2D eigenvalue weighted by Crippen LogP contribution is -2.24. The summed E-state index contributed by atoms with van der Waals surface area (Å²) in [5, 5.41) is 26.0. The van der Waals surface area contributed by atoms with Crippen molar-refractivity contribution in [1.29, 1.82) is 0 Å². The molecule has 2 aromatic carbocycles. The number of halogens is 3. The number of carbonyl (C=O) groups is 1. The Morgan fingerprint density at radius 2 is 1.60 bits per heavy atom. The van der Waals surface area contributed by atoms with Crippen LogP contribution in [-0.2, 0) is 0 Å². The molecule has 0 bridgehead atoms. The van der Waals surface area contributed by atoms with Crippen LogP contribution in [0, 0.1) is 0 Å². The van der Waals surface area contributed by atoms with E-state index in [1.165, 1.54) is 6.20 Å². The predicted molar refractivity (Wildman–Crippen MR) is 152 cm³/mol. The standard InChI is InChI=1S/C20H19ClF2N4O2.C8H8N2O/c21-15-7-12(9-25-18(15)11-3-5-20(22,23)6-4-11)26-19(29)27-17-10-24-16-2-1-13(28)8-14(16)17;9-7-4-10-8-2-1-5(11)3-6(7)8/h1-2,7-11,24,28H,3-6H2,(H2,26,27,29);1-4,10-11H,9H2. The molecular weight excluding hydrogens is 542 g/mol. The molecule has 9 nitrogen and oxygen atoms in total. The van der Waals surface area contributed by atoms with Crippen molar-refractivity contribution in [1.82, 2.24) is 15.0 Å². The van der Waals surface area contributed by atoms with Crippen molar-refractivity contribution < 1.29 is 23.8 Å². The van der Waals surface area contributed by atoms with Gasteiger partial charge < -0.3 is 36.5 Å². The molecule has 5 aromatic rings. The lowest BCUT2D eigenvalue weighted by atomic mass is 9.84. The van der Waals surface area contributed by atoms with Crippen LogP contribution < -0.4 is 16.4 Å². The molecular formula is C28H27ClF2N6O3. The van der Waals surface area contributed by atoms with E-state index in [2.05, 4.69) is 25.6 Å². The van der Waals surface area contributed by atoms with Crippen LogP contribution in [-0.4, -0.2) is 37.1 Å². The second-order valence-electron chi connectivity index (χ2n) is 9.71. The highest BCUT2D eigenvalue weighted by Gasteiger charge is 2.36. The molecule has 8 N–H and O–H groups in total. The first-order valence-electron chi connectivity index (χ1n) is 12.5. The Labute approximate surface area is 232 Å². The number of anilines is 3. The Hall–Kier alpha value is -4.51. The van der Waals surface area contributed by atoms with E-state index in [1.54, 1.807) is 54.9 Å². The minimum absolute atomic E-state index is 0.0904. The number of urea groups is 1. The third-order valence-electron chi connectivity index (χ3n) is 6.84. The van der Waals surface area contributed by atoms with Gasteiger partial charge in [-0.05, 0) is 55.3 Å². The van der Waals surface area contributed by atoms with Crippen LogP contribution in [0.25, 0.3) is 21.8 Å². The molecule has 12 heteroatoms. The number of aromatic amines is 2. The van der Waals surface area contributed by atoms with Gasteiger partial charge in [-0.25, -0.2) is 13.6 Å². The fourth-order valence-corrected chi connectivity index (χ4v) is 5.08. The van der Waals surface area contributed by atoms with Gasteiger partial charge >= 0.3 is 6.03 Å². The molecule has 1 aliphatic carbocycles. The summed E-state index contributed by atoms with van der Waals surface area (Å²) < 4.78 is 26.7. The topological polar surface area (TPSA) is 152 Å². The summed E-state index contributed by atoms with van der Waals surface area (Å²) in [5.74, 6) is -2.39. The van der Waals surface area contributed by atoms with E-state index in [-0.39, 0.29) is 30.3 Å². The first-order chi connectivity index (χ1) is 19.1. The van der Waals surface area contributed by atoms with Gasteiger partial charge in [0.05, 0.1) is 34.0 Å². The number of hydrogen-bond donors (Lipinski definition) is 7. The number of nitrogens with two attached hydrogens (primary N) is 1. The van der Waals surface area contributed by atoms with Gasteiger partial charge in [0.2, 0.25) is 5.92 Å². The fourth-order valence-electron chi connectivity index (χ4n) is 4.76. The van der Waals surface area contributed by atoms with Crippen molar-refractivity contribution in [2.75, 3.05) is 16.4 Å². The van der Waals surface area contributed by atoms with Gasteiger partial charge in [-0.3, -0.25) is 4.98 Å². The van der Waals surface area contributed by atoms with Crippen LogP contribution in [0.15, 0.2) is 61.1 Å². The first-order valence-corrected chi connectivity index (χ1v) is 12.9. The Morgan fingerprint density at radius 3 is 2.27 bits per heavy atom. The monoisotopic (exact) mass is 568 g/mol. The summed E-state index contributed by atoms with van der Waals surface area (Å²) in [6.45, 7) is 0. The van der Waals surface area contributed by atoms with E-state index < -0.39 is 12.0 Å². The number of H-pyrrole nitrogens is 2. The molecule has 0 radical (unpaired) electrons. The molecule has 1 fully saturated rings. The molecule has 6 rings (SSSR count).